The zero-order valence-electron chi connectivity index (χ0n) is 12.3. The molecule has 0 aliphatic heterocycles. The van der Waals surface area contributed by atoms with Crippen LogP contribution in [-0.2, 0) is 10.0 Å². The van der Waals surface area contributed by atoms with E-state index in [1.165, 1.54) is 29.6 Å². The minimum absolute atomic E-state index is 0.106. The van der Waals surface area contributed by atoms with Gasteiger partial charge in [-0.25, -0.2) is 8.42 Å². The number of nitrogens with zero attached hydrogens (tertiary/aromatic N) is 2. The highest BCUT2D eigenvalue weighted by atomic mass is 32.2. The largest absolute Gasteiger partial charge is 0.389 e. The van der Waals surface area contributed by atoms with Crippen LogP contribution in [0.15, 0.2) is 23.1 Å². The molecule has 5 nitrogen and oxygen atoms in total. The van der Waals surface area contributed by atoms with Crippen molar-refractivity contribution in [3.8, 4) is 6.07 Å². The minimum Gasteiger partial charge on any atom is -0.389 e. The van der Waals surface area contributed by atoms with Crippen molar-refractivity contribution < 1.29 is 13.5 Å². The van der Waals surface area contributed by atoms with E-state index in [-0.39, 0.29) is 11.4 Å². The van der Waals surface area contributed by atoms with Crippen molar-refractivity contribution in [2.75, 3.05) is 13.6 Å². The molecular weight excluding hydrogens is 288 g/mol. The van der Waals surface area contributed by atoms with Gasteiger partial charge >= 0.3 is 0 Å². The Morgan fingerprint density at radius 3 is 2.52 bits per heavy atom. The maximum absolute atomic E-state index is 12.5. The summed E-state index contributed by atoms with van der Waals surface area (Å²) in [5.74, 6) is 0. The first-order valence-electron chi connectivity index (χ1n) is 6.98. The maximum atomic E-state index is 12.5. The van der Waals surface area contributed by atoms with Gasteiger partial charge in [0, 0.05) is 13.6 Å². The van der Waals surface area contributed by atoms with E-state index in [4.69, 9.17) is 5.26 Å². The van der Waals surface area contributed by atoms with Gasteiger partial charge in [0.1, 0.15) is 0 Å². The van der Waals surface area contributed by atoms with Crippen LogP contribution in [0.1, 0.15) is 36.8 Å². The smallest absolute Gasteiger partial charge is 0.242 e. The van der Waals surface area contributed by atoms with Crippen LogP contribution in [0.5, 0.6) is 0 Å². The van der Waals surface area contributed by atoms with E-state index in [2.05, 4.69) is 0 Å². The van der Waals surface area contributed by atoms with Gasteiger partial charge in [0.2, 0.25) is 10.0 Å². The van der Waals surface area contributed by atoms with Gasteiger partial charge in [0.25, 0.3) is 0 Å². The Kier molecular flexibility index (Phi) is 4.38. The molecule has 0 heterocycles. The third-order valence-corrected chi connectivity index (χ3v) is 5.88. The van der Waals surface area contributed by atoms with E-state index in [9.17, 15) is 13.5 Å². The monoisotopic (exact) mass is 308 g/mol. The quantitative estimate of drug-likeness (QED) is 0.919. The van der Waals surface area contributed by atoms with Crippen molar-refractivity contribution >= 4 is 10.0 Å². The molecule has 1 aromatic carbocycles. The van der Waals surface area contributed by atoms with Crippen LogP contribution in [0, 0.1) is 18.3 Å². The fourth-order valence-corrected chi connectivity index (χ4v) is 4.13. The first-order chi connectivity index (χ1) is 9.78. The topological polar surface area (TPSA) is 81.4 Å². The average Bonchev–Trinajstić information content (AvgIpc) is 2.85. The van der Waals surface area contributed by atoms with Gasteiger partial charge in [-0.1, -0.05) is 12.8 Å². The van der Waals surface area contributed by atoms with E-state index < -0.39 is 15.6 Å². The van der Waals surface area contributed by atoms with E-state index in [0.717, 1.165) is 12.8 Å². The summed E-state index contributed by atoms with van der Waals surface area (Å²) >= 11 is 0. The minimum atomic E-state index is -3.65. The molecule has 21 heavy (non-hydrogen) atoms. The van der Waals surface area contributed by atoms with Crippen molar-refractivity contribution in [2.45, 2.75) is 43.1 Å². The number of likely N-dealkylation sites (N-methyl/N-ethyl adjacent to an activating group) is 1. The highest BCUT2D eigenvalue weighted by molar-refractivity contribution is 7.89. The molecule has 0 unspecified atom stereocenters. The Hall–Kier alpha value is -1.42. The Morgan fingerprint density at radius 2 is 2.00 bits per heavy atom. The molecule has 0 atom stereocenters. The van der Waals surface area contributed by atoms with Crippen molar-refractivity contribution in [2.24, 2.45) is 0 Å². The van der Waals surface area contributed by atoms with Crippen LogP contribution in [0.4, 0.5) is 0 Å². The summed E-state index contributed by atoms with van der Waals surface area (Å²) in [6.07, 6.45) is 3.14. The lowest BCUT2D eigenvalue weighted by atomic mass is 10.0. The fraction of sp³-hybridized carbons (Fsp3) is 0.533. The molecule has 1 N–H and O–H groups in total. The van der Waals surface area contributed by atoms with E-state index in [1.54, 1.807) is 6.92 Å². The van der Waals surface area contributed by atoms with Gasteiger partial charge in [0.05, 0.1) is 22.1 Å². The molecule has 1 aliphatic rings. The molecule has 2 rings (SSSR count). The molecular formula is C15H20N2O3S. The maximum Gasteiger partial charge on any atom is 0.242 e. The van der Waals surface area contributed by atoms with E-state index in [1.807, 2.05) is 6.07 Å². The van der Waals surface area contributed by atoms with Crippen LogP contribution < -0.4 is 0 Å². The van der Waals surface area contributed by atoms with Gasteiger partial charge < -0.3 is 5.11 Å². The summed E-state index contributed by atoms with van der Waals surface area (Å²) in [4.78, 5) is 0.156. The molecule has 1 aromatic rings. The number of rotatable bonds is 4. The van der Waals surface area contributed by atoms with E-state index >= 15 is 0 Å². The Labute approximate surface area is 125 Å². The van der Waals surface area contributed by atoms with Crippen LogP contribution >= 0.6 is 0 Å². The lowest BCUT2D eigenvalue weighted by Crippen LogP contribution is -2.41. The fourth-order valence-electron chi connectivity index (χ4n) is 2.79. The van der Waals surface area contributed by atoms with Gasteiger partial charge in [-0.2, -0.15) is 9.57 Å². The van der Waals surface area contributed by atoms with E-state index in [0.29, 0.717) is 24.0 Å². The lowest BCUT2D eigenvalue weighted by molar-refractivity contribution is 0.0333. The average molecular weight is 308 g/mol. The molecule has 1 saturated carbocycles. The SMILES string of the molecule is Cc1cc(S(=O)(=O)N(C)CC2(O)CCCC2)ccc1C#N. The summed E-state index contributed by atoms with van der Waals surface area (Å²) < 4.78 is 26.3. The summed E-state index contributed by atoms with van der Waals surface area (Å²) in [5, 5.41) is 19.3. The molecule has 1 aliphatic carbocycles. The highest BCUT2D eigenvalue weighted by Crippen LogP contribution is 2.31. The summed E-state index contributed by atoms with van der Waals surface area (Å²) in [7, 11) is -2.16. The number of hydrogen-bond acceptors (Lipinski definition) is 4. The van der Waals surface area contributed by atoms with Gasteiger partial charge in [-0.15, -0.1) is 0 Å². The zero-order chi connectivity index (χ0) is 15.7. The van der Waals surface area contributed by atoms with Gasteiger partial charge in [-0.3, -0.25) is 0 Å². The number of nitriles is 1. The second-order valence-corrected chi connectivity index (χ2v) is 7.83. The molecule has 0 radical (unpaired) electrons. The molecule has 114 valence electrons. The van der Waals surface area contributed by atoms with Crippen LogP contribution in [0.2, 0.25) is 0 Å². The Bertz CT molecular complexity index is 671. The number of aryl methyl sites for hydroxylation is 1. The number of aliphatic hydroxyl groups is 1. The van der Waals surface area contributed by atoms with Gasteiger partial charge in [0.15, 0.2) is 0 Å². The highest BCUT2D eigenvalue weighted by Gasteiger charge is 2.35. The zero-order valence-corrected chi connectivity index (χ0v) is 13.2. The Balaban J connectivity index is 2.25. The van der Waals surface area contributed by atoms with Gasteiger partial charge in [-0.05, 0) is 43.5 Å². The third-order valence-electron chi connectivity index (χ3n) is 4.08. The van der Waals surface area contributed by atoms with Crippen molar-refractivity contribution in [1.82, 2.24) is 4.31 Å². The van der Waals surface area contributed by atoms with Crippen molar-refractivity contribution in [3.63, 3.8) is 0 Å². The first kappa shape index (κ1) is 16.0. The molecule has 6 heteroatoms. The first-order valence-corrected chi connectivity index (χ1v) is 8.42. The molecule has 0 spiro atoms. The second-order valence-electron chi connectivity index (χ2n) is 5.78. The standard InChI is InChI=1S/C15H20N2O3S/c1-12-9-14(6-5-13(12)10-16)21(19,20)17(2)11-15(18)7-3-4-8-15/h5-6,9,18H,3-4,7-8,11H2,1-2H3. The number of sulfonamides is 1. The molecule has 1 fully saturated rings. The van der Waals surface area contributed by atoms with Crippen LogP contribution in [0.25, 0.3) is 0 Å². The molecule has 0 saturated heterocycles. The number of hydrogen-bond donors (Lipinski definition) is 1. The van der Waals surface area contributed by atoms with Crippen LogP contribution in [-0.4, -0.2) is 37.0 Å². The van der Waals surface area contributed by atoms with Crippen LogP contribution in [0.3, 0.4) is 0 Å². The summed E-state index contributed by atoms with van der Waals surface area (Å²) in [5.41, 5.74) is 0.182. The second kappa shape index (κ2) is 5.76. The molecule has 0 bridgehead atoms. The molecule has 0 amide bonds. The predicted octanol–water partition coefficient (Wildman–Crippen LogP) is 1.79. The summed E-state index contributed by atoms with van der Waals surface area (Å²) in [6, 6.07) is 6.48. The lowest BCUT2D eigenvalue weighted by Gasteiger charge is -2.28. The van der Waals surface area contributed by atoms with Crippen molar-refractivity contribution in [3.05, 3.63) is 29.3 Å². The third kappa shape index (κ3) is 3.26. The summed E-state index contributed by atoms with van der Waals surface area (Å²) in [6.45, 7) is 1.82. The molecule has 0 aromatic heterocycles. The van der Waals surface area contributed by atoms with Crippen molar-refractivity contribution in [1.29, 1.82) is 5.26 Å². The number of benzene rings is 1. The Morgan fingerprint density at radius 1 is 1.38 bits per heavy atom. The predicted molar refractivity (Wildman–Crippen MR) is 79.1 cm³/mol. The normalized spacial score (nSPS) is 17.9.